The van der Waals surface area contributed by atoms with E-state index in [-0.39, 0.29) is 5.91 Å². The first-order valence-electron chi connectivity index (χ1n) is 8.45. The Morgan fingerprint density at radius 3 is 2.74 bits per heavy atom. The van der Waals surface area contributed by atoms with Crippen molar-refractivity contribution in [3.63, 3.8) is 0 Å². The average Bonchev–Trinajstić information content (AvgIpc) is 2.99. The number of hydrogen-bond donors (Lipinski definition) is 1. The first-order chi connectivity index (χ1) is 11.1. The summed E-state index contributed by atoms with van der Waals surface area (Å²) in [5.41, 5.74) is 4.59. The molecular formula is C19H24N2OS. The maximum atomic E-state index is 12.2. The Morgan fingerprint density at radius 1 is 1.22 bits per heavy atom. The van der Waals surface area contributed by atoms with Crippen molar-refractivity contribution in [2.24, 2.45) is 5.92 Å². The lowest BCUT2D eigenvalue weighted by molar-refractivity contribution is -0.117. The molecule has 3 nitrogen and oxygen atoms in total. The molecule has 1 aliphatic rings. The van der Waals surface area contributed by atoms with Crippen LogP contribution in [-0.2, 0) is 4.79 Å². The van der Waals surface area contributed by atoms with Crippen molar-refractivity contribution in [2.45, 2.75) is 52.4 Å². The number of aryl methyl sites for hydroxylation is 2. The molecule has 0 radical (unpaired) electrons. The number of hydrogen-bond acceptors (Lipinski definition) is 3. The van der Waals surface area contributed by atoms with Crippen LogP contribution in [0.2, 0.25) is 0 Å². The quantitative estimate of drug-likeness (QED) is 0.823. The van der Waals surface area contributed by atoms with E-state index < -0.39 is 0 Å². The van der Waals surface area contributed by atoms with Gasteiger partial charge in [0.1, 0.15) is 0 Å². The molecule has 0 aliphatic heterocycles. The molecule has 1 aromatic carbocycles. The topological polar surface area (TPSA) is 42.0 Å². The number of thiazole rings is 1. The van der Waals surface area contributed by atoms with Gasteiger partial charge in [0, 0.05) is 17.4 Å². The Kier molecular flexibility index (Phi) is 5.11. The molecule has 0 spiro atoms. The third kappa shape index (κ3) is 4.20. The lowest BCUT2D eigenvalue weighted by atomic mass is 9.87. The molecule has 1 N–H and O–H groups in total. The van der Waals surface area contributed by atoms with E-state index in [9.17, 15) is 4.79 Å². The summed E-state index contributed by atoms with van der Waals surface area (Å²) in [6, 6.07) is 6.36. The molecule has 2 aromatic rings. The van der Waals surface area contributed by atoms with E-state index in [0.29, 0.717) is 17.5 Å². The van der Waals surface area contributed by atoms with Crippen LogP contribution < -0.4 is 5.32 Å². The monoisotopic (exact) mass is 328 g/mol. The van der Waals surface area contributed by atoms with Gasteiger partial charge in [0.2, 0.25) is 5.91 Å². The van der Waals surface area contributed by atoms with Crippen molar-refractivity contribution in [1.82, 2.24) is 4.98 Å². The van der Waals surface area contributed by atoms with Crippen molar-refractivity contribution in [2.75, 3.05) is 5.32 Å². The number of benzene rings is 1. The van der Waals surface area contributed by atoms with Crippen LogP contribution in [0.15, 0.2) is 23.6 Å². The second-order valence-corrected chi connectivity index (χ2v) is 7.45. The van der Waals surface area contributed by atoms with Crippen molar-refractivity contribution < 1.29 is 4.79 Å². The summed E-state index contributed by atoms with van der Waals surface area (Å²) in [6.45, 7) is 4.22. The highest BCUT2D eigenvalue weighted by atomic mass is 32.1. The molecule has 0 unspecified atom stereocenters. The molecular weight excluding hydrogens is 304 g/mol. The minimum absolute atomic E-state index is 0.109. The average molecular weight is 328 g/mol. The summed E-state index contributed by atoms with van der Waals surface area (Å²) >= 11 is 1.50. The van der Waals surface area contributed by atoms with E-state index in [2.05, 4.69) is 42.3 Å². The van der Waals surface area contributed by atoms with Crippen LogP contribution in [0.25, 0.3) is 11.3 Å². The number of carbonyl (C=O) groups excluding carboxylic acids is 1. The number of amides is 1. The van der Waals surface area contributed by atoms with Gasteiger partial charge in [-0.05, 0) is 49.8 Å². The molecule has 0 bridgehead atoms. The second kappa shape index (κ2) is 7.26. The molecule has 4 heteroatoms. The molecule has 1 amide bonds. The fraction of sp³-hybridized carbons (Fsp3) is 0.474. The molecule has 1 saturated carbocycles. The number of aromatic nitrogens is 1. The number of rotatable bonds is 4. The minimum atomic E-state index is 0.109. The molecule has 1 aliphatic carbocycles. The zero-order valence-electron chi connectivity index (χ0n) is 13.9. The van der Waals surface area contributed by atoms with Crippen LogP contribution in [0.3, 0.4) is 0 Å². The molecule has 23 heavy (non-hydrogen) atoms. The van der Waals surface area contributed by atoms with E-state index in [4.69, 9.17) is 0 Å². The first kappa shape index (κ1) is 16.2. The third-order valence-electron chi connectivity index (χ3n) is 4.75. The largest absolute Gasteiger partial charge is 0.302 e. The normalized spacial score (nSPS) is 15.6. The van der Waals surface area contributed by atoms with Crippen molar-refractivity contribution in [3.8, 4) is 11.3 Å². The van der Waals surface area contributed by atoms with Gasteiger partial charge in [0.15, 0.2) is 5.13 Å². The van der Waals surface area contributed by atoms with Crippen LogP contribution >= 0.6 is 11.3 Å². The zero-order valence-corrected chi connectivity index (χ0v) is 14.7. The van der Waals surface area contributed by atoms with Crippen LogP contribution in [0, 0.1) is 19.8 Å². The van der Waals surface area contributed by atoms with Gasteiger partial charge >= 0.3 is 0 Å². The van der Waals surface area contributed by atoms with Gasteiger partial charge in [-0.3, -0.25) is 4.79 Å². The molecule has 1 heterocycles. The van der Waals surface area contributed by atoms with Crippen LogP contribution in [0.5, 0.6) is 0 Å². The summed E-state index contributed by atoms with van der Waals surface area (Å²) in [5.74, 6) is 0.667. The fourth-order valence-electron chi connectivity index (χ4n) is 3.19. The first-order valence-corrected chi connectivity index (χ1v) is 9.33. The van der Waals surface area contributed by atoms with Gasteiger partial charge in [0.25, 0.3) is 0 Å². The summed E-state index contributed by atoms with van der Waals surface area (Å²) in [6.07, 6.45) is 6.89. The lowest BCUT2D eigenvalue weighted by Crippen LogP contribution is -2.18. The minimum Gasteiger partial charge on any atom is -0.302 e. The van der Waals surface area contributed by atoms with Crippen molar-refractivity contribution >= 4 is 22.4 Å². The Bertz CT molecular complexity index is 686. The summed E-state index contributed by atoms with van der Waals surface area (Å²) in [4.78, 5) is 16.8. The Labute approximate surface area is 142 Å². The third-order valence-corrected chi connectivity index (χ3v) is 5.51. The molecule has 122 valence electrons. The highest BCUT2D eigenvalue weighted by Gasteiger charge is 2.17. The molecule has 0 saturated heterocycles. The van der Waals surface area contributed by atoms with Crippen molar-refractivity contribution in [3.05, 3.63) is 34.7 Å². The maximum Gasteiger partial charge on any atom is 0.226 e. The maximum absolute atomic E-state index is 12.2. The Balaban J connectivity index is 1.62. The van der Waals surface area contributed by atoms with Crippen LogP contribution in [0.4, 0.5) is 5.13 Å². The number of anilines is 1. The van der Waals surface area contributed by atoms with Gasteiger partial charge in [-0.25, -0.2) is 4.98 Å². The van der Waals surface area contributed by atoms with Gasteiger partial charge in [-0.1, -0.05) is 31.4 Å². The number of nitrogens with one attached hydrogen (secondary N) is 1. The van der Waals surface area contributed by atoms with Crippen molar-refractivity contribution in [1.29, 1.82) is 0 Å². The highest BCUT2D eigenvalue weighted by molar-refractivity contribution is 7.14. The fourth-order valence-corrected chi connectivity index (χ4v) is 3.92. The summed E-state index contributed by atoms with van der Waals surface area (Å²) in [7, 11) is 0. The predicted molar refractivity (Wildman–Crippen MR) is 96.8 cm³/mol. The molecule has 3 rings (SSSR count). The van der Waals surface area contributed by atoms with Gasteiger partial charge < -0.3 is 5.32 Å². The molecule has 1 aromatic heterocycles. The number of nitrogens with zero attached hydrogens (tertiary/aromatic N) is 1. The van der Waals surface area contributed by atoms with E-state index in [0.717, 1.165) is 11.3 Å². The van der Waals surface area contributed by atoms with Gasteiger partial charge in [0.05, 0.1) is 5.69 Å². The standard InChI is InChI=1S/C19H24N2OS/c1-13-8-9-16(10-14(13)2)17-12-23-19(20-17)21-18(22)11-15-6-4-3-5-7-15/h8-10,12,15H,3-7,11H2,1-2H3,(H,20,21,22). The smallest absolute Gasteiger partial charge is 0.226 e. The molecule has 0 atom stereocenters. The number of carbonyl (C=O) groups is 1. The molecule has 1 fully saturated rings. The Hall–Kier alpha value is -1.68. The summed E-state index contributed by atoms with van der Waals surface area (Å²) in [5, 5.41) is 5.70. The van der Waals surface area contributed by atoms with Crippen LogP contribution in [0.1, 0.15) is 49.7 Å². The second-order valence-electron chi connectivity index (χ2n) is 6.59. The van der Waals surface area contributed by atoms with E-state index >= 15 is 0 Å². The SMILES string of the molecule is Cc1ccc(-c2csc(NC(=O)CC3CCCCC3)n2)cc1C. The van der Waals surface area contributed by atoms with E-state index in [1.54, 1.807) is 0 Å². The van der Waals surface area contributed by atoms with E-state index in [1.807, 2.05) is 5.38 Å². The van der Waals surface area contributed by atoms with Gasteiger partial charge in [-0.15, -0.1) is 11.3 Å². The Morgan fingerprint density at radius 2 is 2.00 bits per heavy atom. The zero-order chi connectivity index (χ0) is 16.2. The van der Waals surface area contributed by atoms with E-state index in [1.165, 1.54) is 54.6 Å². The van der Waals surface area contributed by atoms with Gasteiger partial charge in [-0.2, -0.15) is 0 Å². The summed E-state index contributed by atoms with van der Waals surface area (Å²) < 4.78 is 0. The van der Waals surface area contributed by atoms with Crippen LogP contribution in [-0.4, -0.2) is 10.9 Å². The highest BCUT2D eigenvalue weighted by Crippen LogP contribution is 2.29. The lowest BCUT2D eigenvalue weighted by Gasteiger charge is -2.20. The predicted octanol–water partition coefficient (Wildman–Crippen LogP) is 5.34.